The first kappa shape index (κ1) is 28.2. The van der Waals surface area contributed by atoms with E-state index in [1.54, 1.807) is 0 Å². The van der Waals surface area contributed by atoms with Gasteiger partial charge in [0.25, 0.3) is 0 Å². The molecule has 1 aromatic carbocycles. The second-order valence-electron chi connectivity index (χ2n) is 8.63. The molecule has 2 aliphatic rings. The summed E-state index contributed by atoms with van der Waals surface area (Å²) in [5, 5.41) is 23.5. The SMILES string of the molecule is COC(CNC(=O)NC1CCN(C(=O)O)C(Cc2ccccc2)C1)OC.O=C(O)N1CCCCC1. The summed E-state index contributed by atoms with van der Waals surface area (Å²) in [5.74, 6) is 0. The van der Waals surface area contributed by atoms with Gasteiger partial charge in [-0.1, -0.05) is 30.3 Å². The van der Waals surface area contributed by atoms with Gasteiger partial charge in [0.2, 0.25) is 0 Å². The van der Waals surface area contributed by atoms with Gasteiger partial charge < -0.3 is 40.1 Å². The van der Waals surface area contributed by atoms with Gasteiger partial charge in [-0.2, -0.15) is 0 Å². The minimum absolute atomic E-state index is 0.0807. The van der Waals surface area contributed by atoms with Crippen LogP contribution in [-0.4, -0.2) is 97.0 Å². The molecule has 2 fully saturated rings. The van der Waals surface area contributed by atoms with Crippen molar-refractivity contribution in [1.29, 1.82) is 0 Å². The Morgan fingerprint density at radius 2 is 1.66 bits per heavy atom. The number of ether oxygens (including phenoxy) is 2. The van der Waals surface area contributed by atoms with Gasteiger partial charge in [-0.15, -0.1) is 0 Å². The molecule has 1 aromatic rings. The number of methoxy groups -OCH3 is 2. The molecule has 2 heterocycles. The Hall–Kier alpha value is -3.05. The number of carbonyl (C=O) groups excluding carboxylic acids is 1. The summed E-state index contributed by atoms with van der Waals surface area (Å²) in [6.07, 6.45) is 2.85. The van der Waals surface area contributed by atoms with E-state index >= 15 is 0 Å². The molecular weight excluding hydrogens is 456 g/mol. The van der Waals surface area contributed by atoms with Crippen LogP contribution in [0.25, 0.3) is 0 Å². The van der Waals surface area contributed by atoms with Crippen LogP contribution in [0.15, 0.2) is 30.3 Å². The van der Waals surface area contributed by atoms with Crippen molar-refractivity contribution < 1.29 is 34.1 Å². The van der Waals surface area contributed by atoms with Crippen LogP contribution in [0.1, 0.15) is 37.7 Å². The molecule has 2 saturated heterocycles. The van der Waals surface area contributed by atoms with Crippen molar-refractivity contribution in [3.63, 3.8) is 0 Å². The molecule has 35 heavy (non-hydrogen) atoms. The molecule has 0 bridgehead atoms. The van der Waals surface area contributed by atoms with Gasteiger partial charge in [0.15, 0.2) is 6.29 Å². The highest BCUT2D eigenvalue weighted by Crippen LogP contribution is 2.21. The lowest BCUT2D eigenvalue weighted by atomic mass is 9.92. The lowest BCUT2D eigenvalue weighted by Crippen LogP contribution is -2.54. The van der Waals surface area contributed by atoms with Gasteiger partial charge in [-0.05, 0) is 44.1 Å². The fourth-order valence-corrected chi connectivity index (χ4v) is 4.27. The van der Waals surface area contributed by atoms with Crippen molar-refractivity contribution >= 4 is 18.2 Å². The van der Waals surface area contributed by atoms with E-state index < -0.39 is 18.5 Å². The molecule has 4 N–H and O–H groups in total. The maximum Gasteiger partial charge on any atom is 0.407 e. The van der Waals surface area contributed by atoms with E-state index in [9.17, 15) is 19.5 Å². The molecule has 3 rings (SSSR count). The van der Waals surface area contributed by atoms with Crippen LogP contribution in [0.5, 0.6) is 0 Å². The van der Waals surface area contributed by atoms with Gasteiger partial charge in [0, 0.05) is 45.9 Å². The zero-order valence-electron chi connectivity index (χ0n) is 20.5. The normalized spacial score (nSPS) is 20.0. The van der Waals surface area contributed by atoms with Crippen LogP contribution in [0.3, 0.4) is 0 Å². The molecule has 11 nitrogen and oxygen atoms in total. The van der Waals surface area contributed by atoms with E-state index in [4.69, 9.17) is 14.6 Å². The molecule has 2 unspecified atom stereocenters. The van der Waals surface area contributed by atoms with Crippen LogP contribution in [-0.2, 0) is 15.9 Å². The number of hydrogen-bond donors (Lipinski definition) is 4. The van der Waals surface area contributed by atoms with Gasteiger partial charge in [-0.25, -0.2) is 14.4 Å². The molecule has 2 atom stereocenters. The molecule has 2 aliphatic heterocycles. The second-order valence-corrected chi connectivity index (χ2v) is 8.63. The molecule has 196 valence electrons. The topological polar surface area (TPSA) is 141 Å². The minimum atomic E-state index is -0.920. The Kier molecular flexibility index (Phi) is 12.1. The molecule has 0 radical (unpaired) electrons. The summed E-state index contributed by atoms with van der Waals surface area (Å²) in [6, 6.07) is 9.22. The number of urea groups is 1. The third-order valence-electron chi connectivity index (χ3n) is 6.19. The first-order chi connectivity index (χ1) is 16.8. The Labute approximate surface area is 206 Å². The third kappa shape index (κ3) is 9.99. The smallest absolute Gasteiger partial charge is 0.407 e. The Balaban J connectivity index is 0.000000402. The zero-order chi connectivity index (χ0) is 25.6. The number of hydrogen-bond acceptors (Lipinski definition) is 5. The van der Waals surface area contributed by atoms with Crippen molar-refractivity contribution in [1.82, 2.24) is 20.4 Å². The summed E-state index contributed by atoms with van der Waals surface area (Å²) in [4.78, 5) is 36.8. The highest BCUT2D eigenvalue weighted by atomic mass is 16.7. The standard InChI is InChI=1S/C18H27N3O5.C6H11NO2/c1-25-16(26-2)12-19-17(22)20-14-8-9-21(18(23)24)15(11-14)10-13-6-4-3-5-7-13;8-6(9)7-4-2-1-3-5-7/h3-7,14-16H,8-12H2,1-2H3,(H,23,24)(H2,19,20,22);1-5H2,(H,8,9). The summed E-state index contributed by atoms with van der Waals surface area (Å²) in [7, 11) is 3.01. The summed E-state index contributed by atoms with van der Waals surface area (Å²) < 4.78 is 10.1. The number of amides is 4. The van der Waals surface area contributed by atoms with Crippen LogP contribution >= 0.6 is 0 Å². The van der Waals surface area contributed by atoms with Gasteiger partial charge in [0.05, 0.1) is 6.54 Å². The fraction of sp³-hybridized carbons (Fsp3) is 0.625. The Morgan fingerprint density at radius 1 is 1.00 bits per heavy atom. The zero-order valence-corrected chi connectivity index (χ0v) is 20.5. The number of carboxylic acid groups (broad SMARTS) is 2. The van der Waals surface area contributed by atoms with Crippen molar-refractivity contribution in [2.24, 2.45) is 0 Å². The lowest BCUT2D eigenvalue weighted by molar-refractivity contribution is -0.0972. The van der Waals surface area contributed by atoms with Crippen LogP contribution in [0.4, 0.5) is 14.4 Å². The van der Waals surface area contributed by atoms with Gasteiger partial charge in [0.1, 0.15) is 0 Å². The summed E-state index contributed by atoms with van der Waals surface area (Å²) >= 11 is 0. The monoisotopic (exact) mass is 494 g/mol. The Bertz CT molecular complexity index is 785. The fourth-order valence-electron chi connectivity index (χ4n) is 4.27. The number of benzene rings is 1. The number of rotatable bonds is 7. The molecule has 11 heteroatoms. The Morgan fingerprint density at radius 3 is 2.20 bits per heavy atom. The van der Waals surface area contributed by atoms with Crippen molar-refractivity contribution in [2.45, 2.75) is 56.9 Å². The largest absolute Gasteiger partial charge is 0.465 e. The average Bonchev–Trinajstić information content (AvgIpc) is 2.86. The molecule has 0 saturated carbocycles. The highest BCUT2D eigenvalue weighted by Gasteiger charge is 2.32. The molecular formula is C24H38N4O7. The van der Waals surface area contributed by atoms with E-state index in [1.165, 1.54) is 30.4 Å². The van der Waals surface area contributed by atoms with Crippen molar-refractivity contribution in [2.75, 3.05) is 40.4 Å². The molecule has 4 amide bonds. The first-order valence-corrected chi connectivity index (χ1v) is 11.9. The van der Waals surface area contributed by atoms with Gasteiger partial charge >= 0.3 is 18.2 Å². The van der Waals surface area contributed by atoms with Crippen LogP contribution < -0.4 is 10.6 Å². The predicted octanol–water partition coefficient (Wildman–Crippen LogP) is 2.81. The first-order valence-electron chi connectivity index (χ1n) is 11.9. The van der Waals surface area contributed by atoms with E-state index in [-0.39, 0.29) is 24.7 Å². The quantitative estimate of drug-likeness (QED) is 0.427. The number of nitrogens with one attached hydrogen (secondary N) is 2. The van der Waals surface area contributed by atoms with Crippen LogP contribution in [0.2, 0.25) is 0 Å². The summed E-state index contributed by atoms with van der Waals surface area (Å²) in [5.41, 5.74) is 1.08. The third-order valence-corrected chi connectivity index (χ3v) is 6.19. The highest BCUT2D eigenvalue weighted by molar-refractivity contribution is 5.74. The van der Waals surface area contributed by atoms with E-state index in [0.29, 0.717) is 25.8 Å². The van der Waals surface area contributed by atoms with E-state index in [1.807, 2.05) is 30.3 Å². The molecule has 0 aromatic heterocycles. The lowest BCUT2D eigenvalue weighted by Gasteiger charge is -2.38. The van der Waals surface area contributed by atoms with E-state index in [2.05, 4.69) is 10.6 Å². The van der Waals surface area contributed by atoms with Crippen molar-refractivity contribution in [3.05, 3.63) is 35.9 Å². The minimum Gasteiger partial charge on any atom is -0.465 e. The summed E-state index contributed by atoms with van der Waals surface area (Å²) in [6.45, 7) is 2.10. The average molecular weight is 495 g/mol. The second kappa shape index (κ2) is 15.0. The maximum atomic E-state index is 12.1. The van der Waals surface area contributed by atoms with E-state index in [0.717, 1.165) is 31.5 Å². The maximum absolute atomic E-state index is 12.1. The molecule has 0 spiro atoms. The molecule has 0 aliphatic carbocycles. The number of likely N-dealkylation sites (tertiary alicyclic amines) is 2. The van der Waals surface area contributed by atoms with Crippen molar-refractivity contribution in [3.8, 4) is 0 Å². The van der Waals surface area contributed by atoms with Crippen LogP contribution in [0, 0.1) is 0 Å². The van der Waals surface area contributed by atoms with Gasteiger partial charge in [-0.3, -0.25) is 0 Å². The predicted molar refractivity (Wildman–Crippen MR) is 129 cm³/mol. The number of piperidine rings is 2. The number of nitrogens with zero attached hydrogens (tertiary/aromatic N) is 2. The number of carbonyl (C=O) groups is 3.